The molecule has 0 bridgehead atoms. The molecule has 6 heteroatoms. The standard InChI is InChI=1S/C15H13FN4O/c1-18-15(21)14-7-12(4-5-19-14)20-9-11-3-2-10(8-17)6-13(11)16/h2-7H,9H2,1H3,(H,18,21)(H,19,20). The fourth-order valence-electron chi connectivity index (χ4n) is 1.75. The average Bonchev–Trinajstić information content (AvgIpc) is 2.53. The summed E-state index contributed by atoms with van der Waals surface area (Å²) in [5.41, 5.74) is 1.66. The summed E-state index contributed by atoms with van der Waals surface area (Å²) >= 11 is 0. The van der Waals surface area contributed by atoms with Crippen molar-refractivity contribution in [2.75, 3.05) is 12.4 Å². The van der Waals surface area contributed by atoms with Crippen LogP contribution in [0.4, 0.5) is 10.1 Å². The SMILES string of the molecule is CNC(=O)c1cc(NCc2ccc(C#N)cc2F)ccn1. The largest absolute Gasteiger partial charge is 0.381 e. The molecule has 21 heavy (non-hydrogen) atoms. The van der Waals surface area contributed by atoms with Crippen LogP contribution in [-0.4, -0.2) is 17.9 Å². The van der Waals surface area contributed by atoms with Crippen molar-refractivity contribution >= 4 is 11.6 Å². The highest BCUT2D eigenvalue weighted by atomic mass is 19.1. The van der Waals surface area contributed by atoms with E-state index in [0.717, 1.165) is 0 Å². The third kappa shape index (κ3) is 3.54. The van der Waals surface area contributed by atoms with E-state index in [0.29, 0.717) is 11.3 Å². The maximum Gasteiger partial charge on any atom is 0.269 e. The van der Waals surface area contributed by atoms with E-state index < -0.39 is 5.82 Å². The second-order valence-corrected chi connectivity index (χ2v) is 4.28. The zero-order chi connectivity index (χ0) is 15.2. The molecule has 0 atom stereocenters. The Bertz CT molecular complexity index is 709. The van der Waals surface area contributed by atoms with Gasteiger partial charge in [0, 0.05) is 31.0 Å². The average molecular weight is 284 g/mol. The van der Waals surface area contributed by atoms with E-state index in [-0.39, 0.29) is 23.7 Å². The topological polar surface area (TPSA) is 77.8 Å². The summed E-state index contributed by atoms with van der Waals surface area (Å²) in [6, 6.07) is 9.46. The number of benzene rings is 1. The van der Waals surface area contributed by atoms with Crippen LogP contribution in [0.3, 0.4) is 0 Å². The van der Waals surface area contributed by atoms with Gasteiger partial charge in [-0.25, -0.2) is 4.39 Å². The molecule has 1 aromatic carbocycles. The van der Waals surface area contributed by atoms with Gasteiger partial charge in [-0.3, -0.25) is 9.78 Å². The molecule has 0 saturated carbocycles. The number of nitrogens with zero attached hydrogens (tertiary/aromatic N) is 2. The van der Waals surface area contributed by atoms with Gasteiger partial charge in [0.25, 0.3) is 5.91 Å². The van der Waals surface area contributed by atoms with Gasteiger partial charge in [0.1, 0.15) is 11.5 Å². The molecular formula is C15H13FN4O. The van der Waals surface area contributed by atoms with E-state index in [4.69, 9.17) is 5.26 Å². The molecule has 0 radical (unpaired) electrons. The van der Waals surface area contributed by atoms with Crippen molar-refractivity contribution in [2.24, 2.45) is 0 Å². The fourth-order valence-corrected chi connectivity index (χ4v) is 1.75. The van der Waals surface area contributed by atoms with E-state index in [1.54, 1.807) is 24.3 Å². The molecule has 1 heterocycles. The highest BCUT2D eigenvalue weighted by molar-refractivity contribution is 5.92. The first kappa shape index (κ1) is 14.5. The van der Waals surface area contributed by atoms with Gasteiger partial charge in [0.05, 0.1) is 11.6 Å². The fraction of sp³-hybridized carbons (Fsp3) is 0.133. The molecule has 5 nitrogen and oxygen atoms in total. The van der Waals surface area contributed by atoms with Gasteiger partial charge in [-0.1, -0.05) is 6.07 Å². The number of carbonyl (C=O) groups is 1. The number of halogens is 1. The lowest BCUT2D eigenvalue weighted by atomic mass is 10.1. The summed E-state index contributed by atoms with van der Waals surface area (Å²) in [6.45, 7) is 0.245. The molecule has 0 aliphatic heterocycles. The van der Waals surface area contributed by atoms with Crippen LogP contribution in [0.5, 0.6) is 0 Å². The molecule has 0 aliphatic rings. The van der Waals surface area contributed by atoms with Gasteiger partial charge >= 0.3 is 0 Å². The van der Waals surface area contributed by atoms with Crippen molar-refractivity contribution in [1.29, 1.82) is 5.26 Å². The van der Waals surface area contributed by atoms with Crippen LogP contribution in [0.25, 0.3) is 0 Å². The first-order chi connectivity index (χ1) is 10.1. The van der Waals surface area contributed by atoms with Crippen LogP contribution in [0.2, 0.25) is 0 Å². The molecule has 1 amide bonds. The summed E-state index contributed by atoms with van der Waals surface area (Å²) in [5, 5.41) is 14.2. The van der Waals surface area contributed by atoms with E-state index in [1.165, 1.54) is 19.3 Å². The molecule has 0 saturated heterocycles. The minimum Gasteiger partial charge on any atom is -0.381 e. The Balaban J connectivity index is 2.10. The number of hydrogen-bond acceptors (Lipinski definition) is 4. The second-order valence-electron chi connectivity index (χ2n) is 4.28. The second kappa shape index (κ2) is 6.48. The van der Waals surface area contributed by atoms with Crippen molar-refractivity contribution in [3.63, 3.8) is 0 Å². The molecule has 0 unspecified atom stereocenters. The Morgan fingerprint density at radius 1 is 1.38 bits per heavy atom. The number of hydrogen-bond donors (Lipinski definition) is 2. The molecule has 2 aromatic rings. The van der Waals surface area contributed by atoms with Crippen molar-refractivity contribution < 1.29 is 9.18 Å². The summed E-state index contributed by atoms with van der Waals surface area (Å²) in [5.74, 6) is -0.731. The van der Waals surface area contributed by atoms with Crippen molar-refractivity contribution in [3.05, 3.63) is 59.2 Å². The maximum absolute atomic E-state index is 13.7. The van der Waals surface area contributed by atoms with Crippen LogP contribution in [0.1, 0.15) is 21.6 Å². The van der Waals surface area contributed by atoms with Crippen LogP contribution < -0.4 is 10.6 Å². The first-order valence-corrected chi connectivity index (χ1v) is 6.24. The number of aromatic nitrogens is 1. The highest BCUT2D eigenvalue weighted by Gasteiger charge is 2.07. The number of pyridine rings is 1. The van der Waals surface area contributed by atoms with Gasteiger partial charge in [-0.15, -0.1) is 0 Å². The van der Waals surface area contributed by atoms with E-state index in [2.05, 4.69) is 15.6 Å². The van der Waals surface area contributed by atoms with Crippen molar-refractivity contribution in [1.82, 2.24) is 10.3 Å². The minimum atomic E-state index is -0.442. The number of carbonyl (C=O) groups excluding carboxylic acids is 1. The highest BCUT2D eigenvalue weighted by Crippen LogP contribution is 2.14. The van der Waals surface area contributed by atoms with E-state index in [1.807, 2.05) is 6.07 Å². The lowest BCUT2D eigenvalue weighted by Gasteiger charge is -2.08. The lowest BCUT2D eigenvalue weighted by molar-refractivity contribution is 0.0958. The zero-order valence-corrected chi connectivity index (χ0v) is 11.4. The molecule has 1 aromatic heterocycles. The van der Waals surface area contributed by atoms with Gasteiger partial charge in [-0.2, -0.15) is 5.26 Å². The smallest absolute Gasteiger partial charge is 0.269 e. The summed E-state index contributed by atoms with van der Waals surface area (Å²) in [7, 11) is 1.52. The quantitative estimate of drug-likeness (QED) is 0.901. The monoisotopic (exact) mass is 284 g/mol. The Hall–Kier alpha value is -2.94. The molecule has 0 aliphatic carbocycles. The number of amides is 1. The van der Waals surface area contributed by atoms with Crippen LogP contribution in [0, 0.1) is 17.1 Å². The molecule has 0 fully saturated rings. The first-order valence-electron chi connectivity index (χ1n) is 6.24. The van der Waals surface area contributed by atoms with Gasteiger partial charge in [-0.05, 0) is 24.3 Å². The van der Waals surface area contributed by atoms with Gasteiger partial charge < -0.3 is 10.6 Å². The van der Waals surface area contributed by atoms with Crippen molar-refractivity contribution in [2.45, 2.75) is 6.54 Å². The lowest BCUT2D eigenvalue weighted by Crippen LogP contribution is -2.19. The number of rotatable bonds is 4. The van der Waals surface area contributed by atoms with E-state index in [9.17, 15) is 9.18 Å². The van der Waals surface area contributed by atoms with Crippen LogP contribution in [0.15, 0.2) is 36.5 Å². The summed E-state index contributed by atoms with van der Waals surface area (Å²) < 4.78 is 13.7. The van der Waals surface area contributed by atoms with Crippen LogP contribution >= 0.6 is 0 Å². The van der Waals surface area contributed by atoms with E-state index >= 15 is 0 Å². The number of nitrogens with one attached hydrogen (secondary N) is 2. The molecule has 0 spiro atoms. The number of nitriles is 1. The molecule has 106 valence electrons. The molecule has 2 rings (SSSR count). The predicted molar refractivity (Wildman–Crippen MR) is 76.1 cm³/mol. The Kier molecular flexibility index (Phi) is 4.46. The number of anilines is 1. The molecule has 2 N–H and O–H groups in total. The Morgan fingerprint density at radius 3 is 2.86 bits per heavy atom. The zero-order valence-electron chi connectivity index (χ0n) is 11.4. The Labute approximate surface area is 121 Å². The summed E-state index contributed by atoms with van der Waals surface area (Å²) in [4.78, 5) is 15.4. The third-order valence-corrected chi connectivity index (χ3v) is 2.88. The normalized spacial score (nSPS) is 9.76. The maximum atomic E-state index is 13.7. The van der Waals surface area contributed by atoms with Gasteiger partial charge in [0.2, 0.25) is 0 Å². The molecular weight excluding hydrogens is 271 g/mol. The predicted octanol–water partition coefficient (Wildman–Crippen LogP) is 2.06. The Morgan fingerprint density at radius 2 is 2.19 bits per heavy atom. The minimum absolute atomic E-state index is 0.245. The van der Waals surface area contributed by atoms with Crippen molar-refractivity contribution in [3.8, 4) is 6.07 Å². The van der Waals surface area contributed by atoms with Crippen LogP contribution in [-0.2, 0) is 6.54 Å². The van der Waals surface area contributed by atoms with Gasteiger partial charge in [0.15, 0.2) is 0 Å². The third-order valence-electron chi connectivity index (χ3n) is 2.88. The summed E-state index contributed by atoms with van der Waals surface area (Å²) in [6.07, 6.45) is 1.50.